The molecule has 0 aliphatic rings. The van der Waals surface area contributed by atoms with Gasteiger partial charge in [-0.25, -0.2) is 9.67 Å². The summed E-state index contributed by atoms with van der Waals surface area (Å²) >= 11 is 1.65. The van der Waals surface area contributed by atoms with E-state index in [0.717, 1.165) is 22.1 Å². The van der Waals surface area contributed by atoms with Gasteiger partial charge in [0.25, 0.3) is 0 Å². The Kier molecular flexibility index (Phi) is 3.58. The molecule has 0 saturated heterocycles. The molecule has 3 rings (SSSR count). The zero-order valence-corrected chi connectivity index (χ0v) is 12.1. The van der Waals surface area contributed by atoms with Gasteiger partial charge >= 0.3 is 0 Å². The number of aromatic nitrogens is 4. The highest BCUT2D eigenvalue weighted by molar-refractivity contribution is 7.09. The van der Waals surface area contributed by atoms with Gasteiger partial charge in [0, 0.05) is 5.38 Å². The van der Waals surface area contributed by atoms with Crippen molar-refractivity contribution in [2.24, 2.45) is 0 Å². The van der Waals surface area contributed by atoms with Gasteiger partial charge in [0.15, 0.2) is 0 Å². The number of nitrogens with one attached hydrogen (secondary N) is 1. The van der Waals surface area contributed by atoms with Crippen LogP contribution in [0.15, 0.2) is 41.9 Å². The lowest BCUT2D eigenvalue weighted by molar-refractivity contribution is 0.621. The summed E-state index contributed by atoms with van der Waals surface area (Å²) < 4.78 is 1.84. The number of para-hydroxylation sites is 1. The first-order valence-electron chi connectivity index (χ1n) is 6.35. The maximum absolute atomic E-state index is 4.56. The number of rotatable bonds is 4. The normalized spacial score (nSPS) is 12.5. The largest absolute Gasteiger partial charge is 0.307 e. The average molecular weight is 285 g/mol. The highest BCUT2D eigenvalue weighted by Gasteiger charge is 2.20. The number of nitrogens with zero attached hydrogens (tertiary/aromatic N) is 4. The molecule has 2 aromatic heterocycles. The van der Waals surface area contributed by atoms with Crippen molar-refractivity contribution in [2.45, 2.75) is 13.0 Å². The van der Waals surface area contributed by atoms with E-state index >= 15 is 0 Å². The molecule has 0 aliphatic carbocycles. The molecule has 1 atom stereocenters. The predicted octanol–water partition coefficient (Wildman–Crippen LogP) is 2.34. The lowest BCUT2D eigenvalue weighted by Crippen LogP contribution is -2.21. The Balaban J connectivity index is 2.04. The minimum Gasteiger partial charge on any atom is -0.307 e. The monoisotopic (exact) mass is 285 g/mol. The predicted molar refractivity (Wildman–Crippen MR) is 79.1 cm³/mol. The standard InChI is InChI=1S/C14H15N5S/c1-10-17-12(9-20-10)14(15-2)13-8-16-18-19(13)11-6-4-3-5-7-11/h3-9,14-15H,1-2H3. The molecule has 0 amide bonds. The molecule has 6 heteroatoms. The lowest BCUT2D eigenvalue weighted by Gasteiger charge is -2.15. The molecular weight excluding hydrogens is 270 g/mol. The number of benzene rings is 1. The Hall–Kier alpha value is -2.05. The first-order valence-corrected chi connectivity index (χ1v) is 7.23. The molecule has 0 bridgehead atoms. The number of thiazole rings is 1. The van der Waals surface area contributed by atoms with Crippen molar-refractivity contribution < 1.29 is 0 Å². The van der Waals surface area contributed by atoms with E-state index in [1.165, 1.54) is 0 Å². The second-order valence-corrected chi connectivity index (χ2v) is 5.48. The third kappa shape index (κ3) is 2.35. The van der Waals surface area contributed by atoms with Gasteiger partial charge in [0.1, 0.15) is 0 Å². The van der Waals surface area contributed by atoms with Gasteiger partial charge in [-0.15, -0.1) is 16.4 Å². The van der Waals surface area contributed by atoms with Gasteiger partial charge in [-0.3, -0.25) is 0 Å². The second-order valence-electron chi connectivity index (χ2n) is 4.42. The summed E-state index contributed by atoms with van der Waals surface area (Å²) in [5.74, 6) is 0. The minimum atomic E-state index is -0.0184. The van der Waals surface area contributed by atoms with Crippen molar-refractivity contribution >= 4 is 11.3 Å². The summed E-state index contributed by atoms with van der Waals surface area (Å²) in [7, 11) is 1.92. The van der Waals surface area contributed by atoms with E-state index in [0.29, 0.717) is 0 Å². The summed E-state index contributed by atoms with van der Waals surface area (Å²) in [5.41, 5.74) is 2.96. The van der Waals surface area contributed by atoms with Crippen LogP contribution >= 0.6 is 11.3 Å². The first kappa shape index (κ1) is 13.0. The first-order chi connectivity index (χ1) is 9.79. The molecule has 1 unspecified atom stereocenters. The summed E-state index contributed by atoms with van der Waals surface area (Å²) in [4.78, 5) is 4.56. The fraction of sp³-hybridized carbons (Fsp3) is 0.214. The molecule has 2 heterocycles. The van der Waals surface area contributed by atoms with Crippen LogP contribution in [-0.2, 0) is 0 Å². The van der Waals surface area contributed by atoms with Gasteiger partial charge in [-0.05, 0) is 26.1 Å². The molecule has 0 saturated carbocycles. The molecule has 0 aliphatic heterocycles. The number of hydrogen-bond acceptors (Lipinski definition) is 5. The van der Waals surface area contributed by atoms with E-state index in [1.807, 2.05) is 49.0 Å². The molecule has 0 fully saturated rings. The van der Waals surface area contributed by atoms with Crippen molar-refractivity contribution in [1.29, 1.82) is 0 Å². The maximum atomic E-state index is 4.56. The van der Waals surface area contributed by atoms with Crippen molar-refractivity contribution in [3.63, 3.8) is 0 Å². The Labute approximate surface area is 121 Å². The van der Waals surface area contributed by atoms with Crippen LogP contribution < -0.4 is 5.32 Å². The highest BCUT2D eigenvalue weighted by atomic mass is 32.1. The Morgan fingerprint density at radius 1 is 1.25 bits per heavy atom. The fourth-order valence-corrected chi connectivity index (χ4v) is 2.81. The molecule has 5 nitrogen and oxygen atoms in total. The molecule has 20 heavy (non-hydrogen) atoms. The van der Waals surface area contributed by atoms with Gasteiger partial charge in [-0.1, -0.05) is 23.4 Å². The van der Waals surface area contributed by atoms with Crippen molar-refractivity contribution in [3.8, 4) is 5.69 Å². The van der Waals surface area contributed by atoms with Crippen molar-refractivity contribution in [2.75, 3.05) is 7.05 Å². The van der Waals surface area contributed by atoms with Gasteiger partial charge < -0.3 is 5.32 Å². The van der Waals surface area contributed by atoms with Gasteiger partial charge in [0.2, 0.25) is 0 Å². The van der Waals surface area contributed by atoms with Gasteiger partial charge in [-0.2, -0.15) is 0 Å². The van der Waals surface area contributed by atoms with Crippen molar-refractivity contribution in [1.82, 2.24) is 25.3 Å². The second kappa shape index (κ2) is 5.52. The minimum absolute atomic E-state index is 0.0184. The van der Waals surface area contributed by atoms with Gasteiger partial charge in [0.05, 0.1) is 34.3 Å². The molecule has 102 valence electrons. The Morgan fingerprint density at radius 2 is 2.05 bits per heavy atom. The molecule has 3 aromatic rings. The van der Waals surface area contributed by atoms with E-state index in [2.05, 4.69) is 26.0 Å². The summed E-state index contributed by atoms with van der Waals surface area (Å²) in [6.07, 6.45) is 1.78. The van der Waals surface area contributed by atoms with E-state index in [9.17, 15) is 0 Å². The zero-order chi connectivity index (χ0) is 13.9. The average Bonchev–Trinajstić information content (AvgIpc) is 3.11. The summed E-state index contributed by atoms with van der Waals surface area (Å²) in [6.45, 7) is 2.01. The quantitative estimate of drug-likeness (QED) is 0.799. The lowest BCUT2D eigenvalue weighted by atomic mass is 10.1. The third-order valence-electron chi connectivity index (χ3n) is 3.09. The van der Waals surface area contributed by atoms with E-state index in [4.69, 9.17) is 0 Å². The number of hydrogen-bond donors (Lipinski definition) is 1. The topological polar surface area (TPSA) is 55.6 Å². The van der Waals surface area contributed by atoms with Crippen LogP contribution in [-0.4, -0.2) is 27.0 Å². The molecule has 0 spiro atoms. The van der Waals surface area contributed by atoms with Crippen LogP contribution in [0.4, 0.5) is 0 Å². The smallest absolute Gasteiger partial charge is 0.0949 e. The van der Waals surface area contributed by atoms with Crippen LogP contribution in [0.3, 0.4) is 0 Å². The Bertz CT molecular complexity index is 688. The van der Waals surface area contributed by atoms with E-state index in [-0.39, 0.29) is 6.04 Å². The van der Waals surface area contributed by atoms with Crippen LogP contribution in [0.5, 0.6) is 0 Å². The summed E-state index contributed by atoms with van der Waals surface area (Å²) in [6, 6.07) is 9.97. The highest BCUT2D eigenvalue weighted by Crippen LogP contribution is 2.24. The fourth-order valence-electron chi connectivity index (χ4n) is 2.17. The van der Waals surface area contributed by atoms with Crippen molar-refractivity contribution in [3.05, 3.63) is 58.3 Å². The van der Waals surface area contributed by atoms with E-state index in [1.54, 1.807) is 17.5 Å². The molecular formula is C14H15N5S. The molecule has 1 aromatic carbocycles. The van der Waals surface area contributed by atoms with E-state index < -0.39 is 0 Å². The number of aryl methyl sites for hydroxylation is 1. The maximum Gasteiger partial charge on any atom is 0.0949 e. The third-order valence-corrected chi connectivity index (χ3v) is 3.89. The molecule has 0 radical (unpaired) electrons. The van der Waals surface area contributed by atoms with Crippen LogP contribution in [0.25, 0.3) is 5.69 Å². The summed E-state index contributed by atoms with van der Waals surface area (Å²) in [5, 5.41) is 14.6. The zero-order valence-electron chi connectivity index (χ0n) is 11.3. The SMILES string of the molecule is CNC(c1csc(C)n1)c1cnnn1-c1ccccc1. The molecule has 1 N–H and O–H groups in total. The Morgan fingerprint density at radius 3 is 2.70 bits per heavy atom. The van der Waals surface area contributed by atoms with Crippen LogP contribution in [0.1, 0.15) is 22.4 Å². The van der Waals surface area contributed by atoms with Crippen LogP contribution in [0, 0.1) is 6.92 Å². The van der Waals surface area contributed by atoms with Crippen LogP contribution in [0.2, 0.25) is 0 Å².